The second-order valence-electron chi connectivity index (χ2n) is 15.7. The van der Waals surface area contributed by atoms with E-state index in [1.54, 1.807) is 5.57 Å². The minimum absolute atomic E-state index is 0.0344. The molecule has 3 nitrogen and oxygen atoms in total. The van der Waals surface area contributed by atoms with Gasteiger partial charge >= 0.3 is 0 Å². The topological polar surface area (TPSA) is 38.7 Å². The molecule has 1 aromatic heterocycles. The molecule has 258 valence electrons. The summed E-state index contributed by atoms with van der Waals surface area (Å²) in [5, 5.41) is 0. The van der Waals surface area contributed by atoms with Crippen LogP contribution in [0.25, 0.3) is 28.1 Å². The van der Waals surface area contributed by atoms with Gasteiger partial charge in [-0.15, -0.1) is 0 Å². The monoisotopic (exact) mass is 677 g/mol. The Labute approximate surface area is 309 Å². The quantitative estimate of drug-likeness (QED) is 0.244. The molecule has 0 radical (unpaired) electrons. The fraction of sp³-hybridized carbons (Fsp3) is 0.286. The standard InChI is InChI=1S/C49H47N3/c1-48(41-21-10-5-11-22-41)28-25-34(26-29-48)38-30-39(44-33-37-20-12-13-23-42(37)43-24-14-15-27-49(43,44)2)32-40(31-38)47-51-45(35-16-6-3-7-17-35)50-46(52-47)36-18-8-4-9-19-36/h3,5-6,8,10-13,15-16,18-23,25-28,30-32,37,44H,4,7,9,14,17,24,29,33H2,1-2H3. The molecule has 9 rings (SSSR count). The molecule has 0 bridgehead atoms. The van der Waals surface area contributed by atoms with Crippen molar-refractivity contribution in [3.63, 3.8) is 0 Å². The molecule has 4 unspecified atom stereocenters. The van der Waals surface area contributed by atoms with E-state index in [1.807, 2.05) is 0 Å². The van der Waals surface area contributed by atoms with Gasteiger partial charge in [-0.2, -0.15) is 0 Å². The number of rotatable bonds is 6. The van der Waals surface area contributed by atoms with E-state index in [-0.39, 0.29) is 10.8 Å². The second-order valence-corrected chi connectivity index (χ2v) is 15.7. The van der Waals surface area contributed by atoms with Crippen LogP contribution in [0.3, 0.4) is 0 Å². The molecule has 0 N–H and O–H groups in total. The summed E-state index contributed by atoms with van der Waals surface area (Å²) in [6.45, 7) is 4.83. The lowest BCUT2D eigenvalue weighted by atomic mass is 9.56. The van der Waals surface area contributed by atoms with Crippen molar-refractivity contribution >= 4 is 16.7 Å². The van der Waals surface area contributed by atoms with E-state index in [0.717, 1.165) is 80.0 Å². The summed E-state index contributed by atoms with van der Waals surface area (Å²) in [5.74, 6) is 3.07. The Hall–Kier alpha value is -5.15. The molecule has 3 heteroatoms. The smallest absolute Gasteiger partial charge is 0.164 e. The average molecular weight is 678 g/mol. The summed E-state index contributed by atoms with van der Waals surface area (Å²) >= 11 is 0. The van der Waals surface area contributed by atoms with Gasteiger partial charge < -0.3 is 0 Å². The van der Waals surface area contributed by atoms with Gasteiger partial charge in [0.2, 0.25) is 0 Å². The number of hydrogen-bond acceptors (Lipinski definition) is 3. The molecular formula is C49H47N3. The third-order valence-corrected chi connectivity index (χ3v) is 12.3. The van der Waals surface area contributed by atoms with Crippen molar-refractivity contribution in [2.45, 2.75) is 76.5 Å². The Kier molecular flexibility index (Phi) is 8.46. The second kappa shape index (κ2) is 13.4. The predicted octanol–water partition coefficient (Wildman–Crippen LogP) is 12.2. The number of nitrogens with zero attached hydrogens (tertiary/aromatic N) is 3. The summed E-state index contributed by atoms with van der Waals surface area (Å²) in [6, 6.07) is 18.1. The Morgan fingerprint density at radius 2 is 1.52 bits per heavy atom. The molecule has 6 aliphatic carbocycles. The van der Waals surface area contributed by atoms with E-state index >= 15 is 0 Å². The molecule has 0 aliphatic heterocycles. The van der Waals surface area contributed by atoms with Crippen molar-refractivity contribution in [1.29, 1.82) is 0 Å². The molecule has 0 fully saturated rings. The summed E-state index contributed by atoms with van der Waals surface area (Å²) in [5.41, 5.74) is 11.6. The van der Waals surface area contributed by atoms with Gasteiger partial charge in [-0.25, -0.2) is 15.0 Å². The van der Waals surface area contributed by atoms with E-state index in [1.165, 1.54) is 33.4 Å². The number of fused-ring (bicyclic) bond motifs is 2. The maximum Gasteiger partial charge on any atom is 0.164 e. The summed E-state index contributed by atoms with van der Waals surface area (Å²) < 4.78 is 0. The molecule has 1 heterocycles. The molecular weight excluding hydrogens is 631 g/mol. The van der Waals surface area contributed by atoms with E-state index in [4.69, 9.17) is 15.0 Å². The fourth-order valence-electron chi connectivity index (χ4n) is 9.28. The zero-order chi connectivity index (χ0) is 35.1. The molecule has 0 saturated carbocycles. The fourth-order valence-corrected chi connectivity index (χ4v) is 9.28. The Morgan fingerprint density at radius 3 is 2.33 bits per heavy atom. The van der Waals surface area contributed by atoms with Gasteiger partial charge in [0, 0.05) is 27.9 Å². The first-order valence-electron chi connectivity index (χ1n) is 19.3. The third kappa shape index (κ3) is 6.00. The van der Waals surface area contributed by atoms with Gasteiger partial charge in [0.15, 0.2) is 17.5 Å². The Balaban J connectivity index is 1.21. The van der Waals surface area contributed by atoms with Crippen molar-refractivity contribution in [2.24, 2.45) is 11.3 Å². The van der Waals surface area contributed by atoms with Crippen molar-refractivity contribution in [3.05, 3.63) is 179 Å². The normalized spacial score (nSPS) is 27.5. The molecule has 0 saturated heterocycles. The molecule has 6 aliphatic rings. The SMILES string of the molecule is CC1(c2ccccc2)C=CC(c2cc(-c3nc(C4=CCCC=C4)nc(C4=CC=CCC4)n3)cc(C3CC4C=CC=CC4=C4CCC=CC43C)c2)=CC1. The first-order chi connectivity index (χ1) is 25.5. The Morgan fingerprint density at radius 1 is 0.673 bits per heavy atom. The van der Waals surface area contributed by atoms with E-state index in [2.05, 4.69) is 154 Å². The lowest BCUT2D eigenvalue weighted by Crippen LogP contribution is -2.35. The highest BCUT2D eigenvalue weighted by Crippen LogP contribution is 2.57. The number of aromatic nitrogens is 3. The minimum Gasteiger partial charge on any atom is -0.209 e. The predicted molar refractivity (Wildman–Crippen MR) is 216 cm³/mol. The van der Waals surface area contributed by atoms with E-state index in [9.17, 15) is 0 Å². The highest BCUT2D eigenvalue weighted by atomic mass is 15.0. The van der Waals surface area contributed by atoms with Crippen LogP contribution >= 0.6 is 0 Å². The van der Waals surface area contributed by atoms with Gasteiger partial charge in [0.05, 0.1) is 0 Å². The Bertz CT molecular complexity index is 2230. The van der Waals surface area contributed by atoms with Gasteiger partial charge in [0.1, 0.15) is 0 Å². The van der Waals surface area contributed by atoms with Crippen LogP contribution in [0.1, 0.15) is 99.5 Å². The lowest BCUT2D eigenvalue weighted by Gasteiger charge is -2.47. The van der Waals surface area contributed by atoms with Gasteiger partial charge in [-0.05, 0) is 103 Å². The molecule has 3 aromatic rings. The van der Waals surface area contributed by atoms with Crippen LogP contribution in [0.2, 0.25) is 0 Å². The number of allylic oxidation sites excluding steroid dienone is 20. The summed E-state index contributed by atoms with van der Waals surface area (Å²) in [4.78, 5) is 15.6. The van der Waals surface area contributed by atoms with Crippen LogP contribution in [0, 0.1) is 11.3 Å². The first kappa shape index (κ1) is 32.7. The first-order valence-corrected chi connectivity index (χ1v) is 19.3. The van der Waals surface area contributed by atoms with E-state index in [0.29, 0.717) is 11.8 Å². The van der Waals surface area contributed by atoms with Crippen LogP contribution in [0.5, 0.6) is 0 Å². The largest absolute Gasteiger partial charge is 0.209 e. The van der Waals surface area contributed by atoms with Crippen LogP contribution in [-0.2, 0) is 5.41 Å². The van der Waals surface area contributed by atoms with Crippen LogP contribution in [0.15, 0.2) is 151 Å². The van der Waals surface area contributed by atoms with Crippen molar-refractivity contribution in [1.82, 2.24) is 15.0 Å². The minimum atomic E-state index is -0.0511. The highest BCUT2D eigenvalue weighted by Gasteiger charge is 2.44. The van der Waals surface area contributed by atoms with Crippen LogP contribution in [0.4, 0.5) is 0 Å². The molecule has 2 aromatic carbocycles. The van der Waals surface area contributed by atoms with Crippen LogP contribution < -0.4 is 0 Å². The van der Waals surface area contributed by atoms with Crippen molar-refractivity contribution < 1.29 is 0 Å². The van der Waals surface area contributed by atoms with Gasteiger partial charge in [0.25, 0.3) is 0 Å². The van der Waals surface area contributed by atoms with Crippen molar-refractivity contribution in [3.8, 4) is 11.4 Å². The lowest BCUT2D eigenvalue weighted by molar-refractivity contribution is 0.311. The zero-order valence-electron chi connectivity index (χ0n) is 30.4. The third-order valence-electron chi connectivity index (χ3n) is 12.3. The molecule has 4 atom stereocenters. The summed E-state index contributed by atoms with van der Waals surface area (Å²) in [7, 11) is 0. The maximum atomic E-state index is 5.26. The summed E-state index contributed by atoms with van der Waals surface area (Å²) in [6.07, 6.45) is 42.9. The van der Waals surface area contributed by atoms with Crippen molar-refractivity contribution in [2.75, 3.05) is 0 Å². The van der Waals surface area contributed by atoms with Gasteiger partial charge in [-0.3, -0.25) is 0 Å². The zero-order valence-corrected chi connectivity index (χ0v) is 30.4. The van der Waals surface area contributed by atoms with E-state index < -0.39 is 0 Å². The average Bonchev–Trinajstić information content (AvgIpc) is 3.21. The maximum absolute atomic E-state index is 5.26. The molecule has 0 spiro atoms. The number of hydrogen-bond donors (Lipinski definition) is 0. The number of benzene rings is 2. The molecule has 52 heavy (non-hydrogen) atoms. The molecule has 0 amide bonds. The van der Waals surface area contributed by atoms with Crippen LogP contribution in [-0.4, -0.2) is 15.0 Å². The van der Waals surface area contributed by atoms with Gasteiger partial charge in [-0.1, -0.05) is 147 Å². The highest BCUT2D eigenvalue weighted by molar-refractivity contribution is 5.80.